The molecule has 10 nitrogen and oxygen atoms in total. The topological polar surface area (TPSA) is 197 Å². The number of nitrogens with one attached hydrogen (secondary N) is 1. The first-order chi connectivity index (χ1) is 13.7. The molecule has 0 unspecified atom stereocenters. The quantitative estimate of drug-likeness (QED) is 0.323. The van der Waals surface area contributed by atoms with Gasteiger partial charge in [-0.05, 0) is 69.1 Å². The Morgan fingerprint density at radius 2 is 1.21 bits per heavy atom. The molecule has 33 heavy (non-hydrogen) atoms. The summed E-state index contributed by atoms with van der Waals surface area (Å²) in [5, 5.41) is 3.45. The zero-order valence-electron chi connectivity index (χ0n) is 20.5. The highest BCUT2D eigenvalue weighted by Crippen LogP contribution is 2.23. The van der Waals surface area contributed by atoms with E-state index in [0.29, 0.717) is 5.95 Å². The zero-order valence-corrected chi connectivity index (χ0v) is 21.3. The molecular formula is C22H53ClN10. The lowest BCUT2D eigenvalue weighted by atomic mass is 10.1. The second kappa shape index (κ2) is 15.6. The van der Waals surface area contributed by atoms with E-state index < -0.39 is 0 Å². The molecule has 0 atom stereocenters. The van der Waals surface area contributed by atoms with Crippen LogP contribution in [0.15, 0.2) is 18.2 Å². The molecule has 0 amide bonds. The molecule has 0 bridgehead atoms. The normalized spacial score (nSPS) is 15.0. The van der Waals surface area contributed by atoms with Crippen molar-refractivity contribution < 1.29 is 5.71 Å². The van der Waals surface area contributed by atoms with E-state index in [1.807, 2.05) is 0 Å². The third-order valence-electron chi connectivity index (χ3n) is 5.91. The number of aryl methyl sites for hydroxylation is 2. The Morgan fingerprint density at radius 1 is 0.727 bits per heavy atom. The second-order valence-electron chi connectivity index (χ2n) is 8.13. The van der Waals surface area contributed by atoms with Gasteiger partial charge in [-0.1, -0.05) is 18.2 Å². The lowest BCUT2D eigenvalue weighted by molar-refractivity contribution is 0.556. The van der Waals surface area contributed by atoms with Crippen LogP contribution in [0.5, 0.6) is 0 Å². The van der Waals surface area contributed by atoms with Crippen LogP contribution in [0.1, 0.15) is 60.9 Å². The summed E-state index contributed by atoms with van der Waals surface area (Å²) in [7, 11) is 0. The number of nitrogens with zero attached hydrogens (tertiary/aromatic N) is 5. The Morgan fingerprint density at radius 3 is 1.67 bits per heavy atom. The van der Waals surface area contributed by atoms with Crippen molar-refractivity contribution in [3.8, 4) is 0 Å². The zero-order chi connectivity index (χ0) is 19.3. The molecule has 3 heterocycles. The van der Waals surface area contributed by atoms with Crippen LogP contribution in [0.25, 0.3) is 0 Å². The van der Waals surface area contributed by atoms with E-state index in [2.05, 4.69) is 47.2 Å². The Bertz CT molecular complexity index is 790. The van der Waals surface area contributed by atoms with E-state index in [-0.39, 0.29) is 42.7 Å². The van der Waals surface area contributed by atoms with Crippen molar-refractivity contribution in [3.05, 3.63) is 34.9 Å². The average Bonchev–Trinajstić information content (AvgIpc) is 2.75. The SMILES string of the molecule is Cc1ccc(CNc2nc(N3CCCCC3)nc(N3CCCCC3)n2)cc1C.Cl.N.N.N.N.[HH].[HH].[HH].[HH]. The van der Waals surface area contributed by atoms with Crippen LogP contribution in [0.2, 0.25) is 0 Å². The highest BCUT2D eigenvalue weighted by molar-refractivity contribution is 5.85. The lowest BCUT2D eigenvalue weighted by Gasteiger charge is -2.30. The molecule has 11 heteroatoms. The molecule has 0 radical (unpaired) electrons. The molecular weight excluding hydrogens is 440 g/mol. The number of anilines is 3. The third-order valence-corrected chi connectivity index (χ3v) is 5.91. The Hall–Kier alpha value is -2.24. The van der Waals surface area contributed by atoms with Gasteiger partial charge in [0.2, 0.25) is 17.8 Å². The largest absolute Gasteiger partial charge is 0.350 e. The molecule has 2 fully saturated rings. The summed E-state index contributed by atoms with van der Waals surface area (Å²) in [6.45, 7) is 9.20. The Kier molecular flexibility index (Phi) is 15.5. The smallest absolute Gasteiger partial charge is 0.231 e. The van der Waals surface area contributed by atoms with Gasteiger partial charge in [-0.25, -0.2) is 0 Å². The predicted octanol–water partition coefficient (Wildman–Crippen LogP) is 6.13. The van der Waals surface area contributed by atoms with Gasteiger partial charge in [-0.3, -0.25) is 0 Å². The van der Waals surface area contributed by atoms with Crippen LogP contribution in [0.3, 0.4) is 0 Å². The van der Waals surface area contributed by atoms with E-state index in [9.17, 15) is 0 Å². The number of piperidine rings is 2. The minimum Gasteiger partial charge on any atom is -0.350 e. The summed E-state index contributed by atoms with van der Waals surface area (Å²) < 4.78 is 0. The molecule has 1 aromatic carbocycles. The summed E-state index contributed by atoms with van der Waals surface area (Å²) in [5.41, 5.74) is 3.89. The molecule has 0 aliphatic carbocycles. The fraction of sp³-hybridized carbons (Fsp3) is 0.591. The van der Waals surface area contributed by atoms with E-state index in [4.69, 9.17) is 15.0 Å². The number of halogens is 1. The molecule has 2 aliphatic heterocycles. The first-order valence-corrected chi connectivity index (χ1v) is 10.7. The number of hydrogen-bond acceptors (Lipinski definition) is 10. The molecule has 0 spiro atoms. The van der Waals surface area contributed by atoms with E-state index in [1.165, 1.54) is 55.2 Å². The van der Waals surface area contributed by atoms with Gasteiger partial charge in [0, 0.05) is 38.4 Å². The minimum atomic E-state index is 0. The fourth-order valence-corrected chi connectivity index (χ4v) is 4.00. The summed E-state index contributed by atoms with van der Waals surface area (Å²) in [6, 6.07) is 6.59. The molecule has 2 aromatic rings. The van der Waals surface area contributed by atoms with Gasteiger partial charge < -0.3 is 39.7 Å². The van der Waals surface area contributed by atoms with Crippen molar-refractivity contribution in [2.24, 2.45) is 0 Å². The molecule has 2 aliphatic rings. The predicted molar refractivity (Wildman–Crippen MR) is 151 cm³/mol. The van der Waals surface area contributed by atoms with E-state index >= 15 is 0 Å². The van der Waals surface area contributed by atoms with Crippen LogP contribution in [-0.2, 0) is 6.54 Å². The van der Waals surface area contributed by atoms with Gasteiger partial charge >= 0.3 is 0 Å². The number of hydrogen-bond donors (Lipinski definition) is 5. The number of benzene rings is 1. The highest BCUT2D eigenvalue weighted by Gasteiger charge is 2.20. The van der Waals surface area contributed by atoms with Crippen LogP contribution < -0.4 is 39.7 Å². The number of rotatable bonds is 5. The van der Waals surface area contributed by atoms with Gasteiger partial charge in [-0.15, -0.1) is 12.4 Å². The molecule has 0 saturated carbocycles. The molecule has 4 rings (SSSR count). The van der Waals surface area contributed by atoms with Crippen LogP contribution >= 0.6 is 12.4 Å². The fourth-order valence-electron chi connectivity index (χ4n) is 4.00. The summed E-state index contributed by atoms with van der Waals surface area (Å²) in [6.07, 6.45) is 7.48. The van der Waals surface area contributed by atoms with Gasteiger partial charge in [-0.2, -0.15) is 15.0 Å². The van der Waals surface area contributed by atoms with Crippen molar-refractivity contribution in [2.45, 2.75) is 58.9 Å². The van der Waals surface area contributed by atoms with Crippen LogP contribution in [0.4, 0.5) is 17.8 Å². The summed E-state index contributed by atoms with van der Waals surface area (Å²) >= 11 is 0. The first-order valence-electron chi connectivity index (χ1n) is 10.7. The van der Waals surface area contributed by atoms with Gasteiger partial charge in [0.1, 0.15) is 0 Å². The van der Waals surface area contributed by atoms with Gasteiger partial charge in [0.15, 0.2) is 0 Å². The standard InChI is InChI=1S/C22H32N6.ClH.4H3N.4H2/c1-17-9-10-19(15-18(17)2)16-23-20-24-21(27-11-5-3-6-12-27)26-22(25-20)28-13-7-4-8-14-28;;;;;;;;;/h9-10,15H,3-8,11-14,16H2,1-2H3,(H,23,24,25,26);1H;4*1H3;4*1H. The molecule has 13 N–H and O–H groups in total. The molecule has 198 valence electrons. The van der Waals surface area contributed by atoms with Crippen molar-refractivity contribution in [1.29, 1.82) is 0 Å². The van der Waals surface area contributed by atoms with Gasteiger partial charge in [0.05, 0.1) is 0 Å². The molecule has 2 saturated heterocycles. The lowest BCUT2D eigenvalue weighted by Crippen LogP contribution is -2.34. The van der Waals surface area contributed by atoms with Crippen molar-refractivity contribution in [3.63, 3.8) is 0 Å². The Labute approximate surface area is 211 Å². The summed E-state index contributed by atoms with van der Waals surface area (Å²) in [5.74, 6) is 2.35. The minimum absolute atomic E-state index is 0. The van der Waals surface area contributed by atoms with Crippen LogP contribution in [0, 0.1) is 13.8 Å². The monoisotopic (exact) mass is 492 g/mol. The maximum atomic E-state index is 4.85. The van der Waals surface area contributed by atoms with Gasteiger partial charge in [0.25, 0.3) is 0 Å². The van der Waals surface area contributed by atoms with E-state index in [1.54, 1.807) is 0 Å². The summed E-state index contributed by atoms with van der Waals surface area (Å²) in [4.78, 5) is 19.0. The van der Waals surface area contributed by atoms with Crippen molar-refractivity contribution in [2.75, 3.05) is 41.3 Å². The number of aromatic nitrogens is 3. The average molecular weight is 493 g/mol. The second-order valence-corrected chi connectivity index (χ2v) is 8.13. The van der Waals surface area contributed by atoms with Crippen molar-refractivity contribution >= 4 is 30.3 Å². The highest BCUT2D eigenvalue weighted by atomic mass is 35.5. The van der Waals surface area contributed by atoms with Crippen LogP contribution in [-0.4, -0.2) is 41.1 Å². The molecule has 1 aromatic heterocycles. The third kappa shape index (κ3) is 8.56. The van der Waals surface area contributed by atoms with Crippen molar-refractivity contribution in [1.82, 2.24) is 39.6 Å². The first kappa shape index (κ1) is 32.9. The Balaban J connectivity index is -0.000000267. The van der Waals surface area contributed by atoms with E-state index in [0.717, 1.165) is 44.6 Å². The maximum absolute atomic E-state index is 4.85. The maximum Gasteiger partial charge on any atom is 0.231 e.